The molecule has 1 heterocycles. The summed E-state index contributed by atoms with van der Waals surface area (Å²) in [5, 5.41) is 3.22. The van der Waals surface area contributed by atoms with Gasteiger partial charge in [0, 0.05) is 11.6 Å². The normalized spacial score (nSPS) is 13.8. The van der Waals surface area contributed by atoms with Crippen molar-refractivity contribution in [1.29, 1.82) is 0 Å². The molecule has 1 aliphatic heterocycles. The number of ether oxygens (including phenoxy) is 1. The van der Waals surface area contributed by atoms with E-state index >= 15 is 0 Å². The molecule has 2 rings (SSSR count). The highest BCUT2D eigenvalue weighted by molar-refractivity contribution is 6.61. The van der Waals surface area contributed by atoms with E-state index in [1.54, 1.807) is 0 Å². The Balaban J connectivity index is 0.000000212. The average Bonchev–Trinajstić information content (AvgIpc) is 2.86. The van der Waals surface area contributed by atoms with Crippen LogP contribution in [0.5, 0.6) is 0 Å². The van der Waals surface area contributed by atoms with Crippen LogP contribution in [0.4, 0.5) is 4.79 Å². The van der Waals surface area contributed by atoms with Crippen molar-refractivity contribution in [2.45, 2.75) is 19.4 Å². The predicted molar refractivity (Wildman–Crippen MR) is 64.6 cm³/mol. The third kappa shape index (κ3) is 6.43. The number of hydrogen-bond acceptors (Lipinski definition) is 3. The minimum atomic E-state index is -0.770. The van der Waals surface area contributed by atoms with Gasteiger partial charge in [0.2, 0.25) is 0 Å². The third-order valence-electron chi connectivity index (χ3n) is 2.15. The summed E-state index contributed by atoms with van der Waals surface area (Å²) in [7, 11) is 0. The van der Waals surface area contributed by atoms with Crippen molar-refractivity contribution in [3.05, 3.63) is 35.9 Å². The highest BCUT2D eigenvalue weighted by atomic mass is 35.5. The number of benzene rings is 1. The molecule has 16 heavy (non-hydrogen) atoms. The van der Waals surface area contributed by atoms with E-state index < -0.39 is 5.43 Å². The van der Waals surface area contributed by atoms with Crippen LogP contribution in [-0.4, -0.2) is 18.5 Å². The monoisotopic (exact) mass is 241 g/mol. The van der Waals surface area contributed by atoms with E-state index in [4.69, 9.17) is 11.6 Å². The van der Waals surface area contributed by atoms with Gasteiger partial charge >= 0.3 is 5.43 Å². The van der Waals surface area contributed by atoms with Crippen molar-refractivity contribution in [2.24, 2.45) is 0 Å². The van der Waals surface area contributed by atoms with Gasteiger partial charge in [0.1, 0.15) is 6.61 Å². The lowest BCUT2D eigenvalue weighted by Crippen LogP contribution is -2.03. The van der Waals surface area contributed by atoms with Crippen LogP contribution in [0.1, 0.15) is 18.4 Å². The second-order valence-electron chi connectivity index (χ2n) is 3.47. The average molecular weight is 242 g/mol. The van der Waals surface area contributed by atoms with Gasteiger partial charge in [0.15, 0.2) is 0 Å². The fourth-order valence-electron chi connectivity index (χ4n) is 1.34. The minimum absolute atomic E-state index is 0.239. The molecule has 88 valence electrons. The molecule has 0 amide bonds. The zero-order chi connectivity index (χ0) is 11.6. The third-order valence-corrected chi connectivity index (χ3v) is 2.26. The Bertz CT molecular complexity index is 292. The summed E-state index contributed by atoms with van der Waals surface area (Å²) < 4.78 is 4.55. The van der Waals surface area contributed by atoms with Crippen LogP contribution in [0.3, 0.4) is 0 Å². The minimum Gasteiger partial charge on any atom is -0.449 e. The Morgan fingerprint density at radius 2 is 1.88 bits per heavy atom. The fraction of sp³-hybridized carbons (Fsp3) is 0.417. The summed E-state index contributed by atoms with van der Waals surface area (Å²) in [4.78, 5) is 10.2. The van der Waals surface area contributed by atoms with E-state index in [2.05, 4.69) is 10.1 Å². The molecule has 1 fully saturated rings. The zero-order valence-electron chi connectivity index (χ0n) is 9.12. The van der Waals surface area contributed by atoms with Gasteiger partial charge in [-0.15, -0.1) is 0 Å². The highest BCUT2D eigenvalue weighted by Crippen LogP contribution is 2.01. The van der Waals surface area contributed by atoms with Crippen molar-refractivity contribution in [1.82, 2.24) is 5.32 Å². The first-order valence-electron chi connectivity index (χ1n) is 5.36. The van der Waals surface area contributed by atoms with Crippen molar-refractivity contribution >= 4 is 17.0 Å². The van der Waals surface area contributed by atoms with Gasteiger partial charge in [-0.25, -0.2) is 4.79 Å². The van der Waals surface area contributed by atoms with Gasteiger partial charge in [-0.2, -0.15) is 0 Å². The van der Waals surface area contributed by atoms with Crippen LogP contribution in [0, 0.1) is 0 Å². The smallest absolute Gasteiger partial charge is 0.404 e. The maximum absolute atomic E-state index is 10.2. The summed E-state index contributed by atoms with van der Waals surface area (Å²) in [6.07, 6.45) is 2.78. The van der Waals surface area contributed by atoms with Crippen LogP contribution in [-0.2, 0) is 11.3 Å². The molecule has 1 aromatic carbocycles. The molecule has 0 aliphatic carbocycles. The maximum Gasteiger partial charge on any atom is 0.404 e. The predicted octanol–water partition coefficient (Wildman–Crippen LogP) is 2.93. The van der Waals surface area contributed by atoms with Gasteiger partial charge in [-0.05, 0) is 31.5 Å². The number of rotatable bonds is 2. The van der Waals surface area contributed by atoms with Gasteiger partial charge in [0.25, 0.3) is 0 Å². The highest BCUT2D eigenvalue weighted by Gasteiger charge is 1.95. The number of carbonyl (C=O) groups is 1. The second kappa shape index (κ2) is 8.13. The lowest BCUT2D eigenvalue weighted by Gasteiger charge is -1.98. The summed E-state index contributed by atoms with van der Waals surface area (Å²) in [6.45, 7) is 2.74. The van der Waals surface area contributed by atoms with Crippen molar-refractivity contribution in [2.75, 3.05) is 13.1 Å². The second-order valence-corrected chi connectivity index (χ2v) is 3.78. The number of nitrogens with one attached hydrogen (secondary N) is 1. The molecule has 4 heteroatoms. The molecular weight excluding hydrogens is 226 g/mol. The van der Waals surface area contributed by atoms with Crippen molar-refractivity contribution < 1.29 is 9.53 Å². The van der Waals surface area contributed by atoms with Crippen LogP contribution >= 0.6 is 11.6 Å². The first kappa shape index (κ1) is 13.0. The Kier molecular flexibility index (Phi) is 6.61. The van der Waals surface area contributed by atoms with Crippen molar-refractivity contribution in [3.63, 3.8) is 0 Å². The number of halogens is 1. The standard InChI is InChI=1S/C8H7ClO2.C4H9N/c9-8(10)11-6-7-4-2-1-3-5-7;1-2-4-5-3-1/h1-5H,6H2;5H,1-4H2. The Labute approximate surface area is 101 Å². The quantitative estimate of drug-likeness (QED) is 0.810. The van der Waals surface area contributed by atoms with E-state index in [1.165, 1.54) is 25.9 Å². The molecular formula is C12H16ClNO2. The number of carbonyl (C=O) groups excluding carboxylic acids is 1. The SMILES string of the molecule is C1CCNC1.O=C(Cl)OCc1ccccc1. The fourth-order valence-corrected chi connectivity index (χ4v) is 1.39. The van der Waals surface area contributed by atoms with Crippen molar-refractivity contribution in [3.8, 4) is 0 Å². The maximum atomic E-state index is 10.2. The van der Waals surface area contributed by atoms with E-state index in [9.17, 15) is 4.79 Å². The first-order valence-corrected chi connectivity index (χ1v) is 5.74. The molecule has 1 aromatic rings. The molecule has 0 radical (unpaired) electrons. The summed E-state index contributed by atoms with van der Waals surface area (Å²) in [5.41, 5.74) is 0.162. The molecule has 1 N–H and O–H groups in total. The Morgan fingerprint density at radius 1 is 1.25 bits per heavy atom. The molecule has 0 unspecified atom stereocenters. The zero-order valence-corrected chi connectivity index (χ0v) is 9.87. The molecule has 0 atom stereocenters. The summed E-state index contributed by atoms with van der Waals surface area (Å²) >= 11 is 4.97. The largest absolute Gasteiger partial charge is 0.449 e. The molecule has 1 aliphatic rings. The van der Waals surface area contributed by atoms with Gasteiger partial charge in [-0.1, -0.05) is 30.3 Å². The Hall–Kier alpha value is -1.06. The van der Waals surface area contributed by atoms with E-state index in [-0.39, 0.29) is 6.61 Å². The molecule has 0 bridgehead atoms. The summed E-state index contributed by atoms with van der Waals surface area (Å²) in [5.74, 6) is 0. The van der Waals surface area contributed by atoms with Gasteiger partial charge in [0.05, 0.1) is 0 Å². The topological polar surface area (TPSA) is 38.3 Å². The number of hydrogen-bond donors (Lipinski definition) is 1. The molecule has 3 nitrogen and oxygen atoms in total. The first-order chi connectivity index (χ1) is 7.79. The lowest BCUT2D eigenvalue weighted by atomic mass is 10.2. The molecule has 1 saturated heterocycles. The van der Waals surface area contributed by atoms with Crippen LogP contribution in [0.2, 0.25) is 0 Å². The molecule has 0 saturated carbocycles. The van der Waals surface area contributed by atoms with Gasteiger partial charge in [-0.3, -0.25) is 0 Å². The molecule has 0 spiro atoms. The lowest BCUT2D eigenvalue weighted by molar-refractivity contribution is 0.167. The van der Waals surface area contributed by atoms with Gasteiger partial charge < -0.3 is 10.1 Å². The van der Waals surface area contributed by atoms with Crippen LogP contribution in [0.25, 0.3) is 0 Å². The van der Waals surface area contributed by atoms with Crippen LogP contribution < -0.4 is 5.32 Å². The van der Waals surface area contributed by atoms with E-state index in [0.29, 0.717) is 0 Å². The van der Waals surface area contributed by atoms with Crippen LogP contribution in [0.15, 0.2) is 30.3 Å². The van der Waals surface area contributed by atoms with E-state index in [0.717, 1.165) is 5.56 Å². The molecule has 0 aromatic heterocycles. The van der Waals surface area contributed by atoms with E-state index in [1.807, 2.05) is 30.3 Å². The summed E-state index contributed by atoms with van der Waals surface area (Å²) in [6, 6.07) is 9.36. The Morgan fingerprint density at radius 3 is 2.31 bits per heavy atom.